The molecule has 0 amide bonds. The molecule has 37 heavy (non-hydrogen) atoms. The van der Waals surface area contributed by atoms with Gasteiger partial charge in [-0.25, -0.2) is 13.8 Å². The summed E-state index contributed by atoms with van der Waals surface area (Å²) in [5.41, 5.74) is -1.13. The monoisotopic (exact) mass is 538 g/mol. The zero-order chi connectivity index (χ0) is 25.2. The highest BCUT2D eigenvalue weighted by atomic mass is 32.1. The molecule has 1 aliphatic carbocycles. The first kappa shape index (κ1) is 25.2. The summed E-state index contributed by atoms with van der Waals surface area (Å²) < 4.78 is 76.2. The van der Waals surface area contributed by atoms with Gasteiger partial charge in [0.1, 0.15) is 34.9 Å². The first-order valence-corrected chi connectivity index (χ1v) is 11.4. The molecule has 1 fully saturated rings. The molecule has 0 saturated heterocycles. The normalized spacial score (nSPS) is 18.3. The second-order valence-electron chi connectivity index (χ2n) is 9.27. The average molecular weight is 539 g/mol. The van der Waals surface area contributed by atoms with Gasteiger partial charge in [0.05, 0.1) is 31.2 Å². The molecule has 2 aliphatic rings. The maximum absolute atomic E-state index is 15.0. The quantitative estimate of drug-likeness (QED) is 0.375. The van der Waals surface area contributed by atoms with Gasteiger partial charge in [0.2, 0.25) is 0 Å². The van der Waals surface area contributed by atoms with E-state index < -0.39 is 23.6 Å². The SMILES string of the molecule is Cn1nccc1Nc1cc(-c2cc3n(c2)C[C@H](F)Cn2c-3nnc2C2(C(F)(F)F)CCC2)c(F)cn1.S. The van der Waals surface area contributed by atoms with Gasteiger partial charge >= 0.3 is 6.18 Å². The molecule has 1 N–H and O–H groups in total. The smallest absolute Gasteiger partial charge is 0.341 e. The third-order valence-corrected chi connectivity index (χ3v) is 7.07. The molecule has 0 spiro atoms. The second kappa shape index (κ2) is 8.85. The van der Waals surface area contributed by atoms with Crippen molar-refractivity contribution in [3.8, 4) is 22.6 Å². The standard InChI is InChI=1S/C23H21F5N8.H2S/c1-34-19(3-6-30-34)31-18-8-15(16(25)9-29-18)13-7-17-20-32-33-21(22(4-2-5-22)23(26,27)28)36(20)12-14(24)11-35(17)10-13;/h3,6-10,14H,2,4-5,11-12H2,1H3,(H,29,31);1H2/t14-;/m0./s1. The molecule has 14 heteroatoms. The minimum absolute atomic E-state index is 0. The highest BCUT2D eigenvalue weighted by Gasteiger charge is 2.62. The number of alkyl halides is 4. The molecular weight excluding hydrogens is 515 g/mol. The van der Waals surface area contributed by atoms with Gasteiger partial charge in [0.15, 0.2) is 5.82 Å². The van der Waals surface area contributed by atoms with Crippen LogP contribution in [0.3, 0.4) is 0 Å². The van der Waals surface area contributed by atoms with Crippen LogP contribution in [-0.2, 0) is 25.6 Å². The van der Waals surface area contributed by atoms with E-state index in [0.29, 0.717) is 29.3 Å². The van der Waals surface area contributed by atoms with Crippen molar-refractivity contribution < 1.29 is 22.0 Å². The number of rotatable bonds is 4. The van der Waals surface area contributed by atoms with Gasteiger partial charge in [-0.2, -0.15) is 31.8 Å². The summed E-state index contributed by atoms with van der Waals surface area (Å²) in [5.74, 6) is 0.281. The Morgan fingerprint density at radius 2 is 1.92 bits per heavy atom. The third kappa shape index (κ3) is 3.97. The van der Waals surface area contributed by atoms with Crippen LogP contribution in [0.15, 0.2) is 36.8 Å². The van der Waals surface area contributed by atoms with E-state index in [1.807, 2.05) is 0 Å². The number of hydrogen-bond acceptors (Lipinski definition) is 5. The largest absolute Gasteiger partial charge is 0.401 e. The number of fused-ring (bicyclic) bond motifs is 3. The lowest BCUT2D eigenvalue weighted by Crippen LogP contribution is -2.50. The van der Waals surface area contributed by atoms with Crippen molar-refractivity contribution in [3.63, 3.8) is 0 Å². The van der Waals surface area contributed by atoms with Gasteiger partial charge in [0.25, 0.3) is 0 Å². The number of aromatic nitrogens is 7. The summed E-state index contributed by atoms with van der Waals surface area (Å²) in [6.07, 6.45) is -1.55. The van der Waals surface area contributed by atoms with Crippen LogP contribution in [0.25, 0.3) is 22.6 Å². The minimum atomic E-state index is -4.52. The molecular formula is C23H23F5N8S. The van der Waals surface area contributed by atoms with Crippen molar-refractivity contribution >= 4 is 25.1 Å². The van der Waals surface area contributed by atoms with Crippen LogP contribution in [0.1, 0.15) is 25.1 Å². The van der Waals surface area contributed by atoms with Crippen LogP contribution in [0, 0.1) is 5.82 Å². The van der Waals surface area contributed by atoms with Gasteiger partial charge < -0.3 is 14.5 Å². The molecule has 196 valence electrons. The van der Waals surface area contributed by atoms with Crippen LogP contribution >= 0.6 is 13.5 Å². The lowest BCUT2D eigenvalue weighted by atomic mass is 9.67. The molecule has 4 aromatic rings. The van der Waals surface area contributed by atoms with Gasteiger partial charge in [-0.05, 0) is 25.0 Å². The molecule has 0 unspecified atom stereocenters. The number of anilines is 2. The summed E-state index contributed by atoms with van der Waals surface area (Å²) in [5, 5.41) is 15.1. The number of pyridine rings is 1. The number of nitrogens with zero attached hydrogens (tertiary/aromatic N) is 7. The summed E-state index contributed by atoms with van der Waals surface area (Å²) in [6, 6.07) is 4.83. The van der Waals surface area contributed by atoms with Gasteiger partial charge in [-0.15, -0.1) is 10.2 Å². The first-order chi connectivity index (χ1) is 17.2. The Bertz CT molecular complexity index is 1450. The van der Waals surface area contributed by atoms with E-state index in [4.69, 9.17) is 0 Å². The van der Waals surface area contributed by atoms with Crippen molar-refractivity contribution in [2.75, 3.05) is 5.32 Å². The molecule has 0 aromatic carbocycles. The van der Waals surface area contributed by atoms with Crippen molar-refractivity contribution in [1.82, 2.24) is 34.1 Å². The summed E-state index contributed by atoms with van der Waals surface area (Å²) in [6.45, 7) is -0.390. The van der Waals surface area contributed by atoms with Crippen molar-refractivity contribution in [2.24, 2.45) is 7.05 Å². The summed E-state index contributed by atoms with van der Waals surface area (Å²) in [7, 11) is 1.74. The molecule has 1 saturated carbocycles. The van der Waals surface area contributed by atoms with E-state index >= 15 is 0 Å². The summed E-state index contributed by atoms with van der Waals surface area (Å²) >= 11 is 0. The second-order valence-corrected chi connectivity index (χ2v) is 9.27. The zero-order valence-corrected chi connectivity index (χ0v) is 20.6. The maximum atomic E-state index is 15.0. The Kier molecular flexibility index (Phi) is 6.04. The lowest BCUT2D eigenvalue weighted by molar-refractivity contribution is -0.216. The van der Waals surface area contributed by atoms with E-state index in [9.17, 15) is 22.0 Å². The van der Waals surface area contributed by atoms with Crippen LogP contribution in [0.2, 0.25) is 0 Å². The fourth-order valence-corrected chi connectivity index (χ4v) is 5.01. The van der Waals surface area contributed by atoms with Crippen molar-refractivity contribution in [1.29, 1.82) is 0 Å². The maximum Gasteiger partial charge on any atom is 0.401 e. The Labute approximate surface area is 215 Å². The van der Waals surface area contributed by atoms with Crippen LogP contribution in [0.5, 0.6) is 0 Å². The van der Waals surface area contributed by atoms with Crippen LogP contribution < -0.4 is 5.32 Å². The molecule has 1 aliphatic heterocycles. The Morgan fingerprint density at radius 1 is 1.14 bits per heavy atom. The number of aryl methyl sites for hydroxylation is 1. The Morgan fingerprint density at radius 3 is 2.57 bits per heavy atom. The number of hydrogen-bond donors (Lipinski definition) is 1. The molecule has 4 aromatic heterocycles. The first-order valence-electron chi connectivity index (χ1n) is 11.4. The van der Waals surface area contributed by atoms with E-state index in [-0.39, 0.29) is 56.6 Å². The van der Waals surface area contributed by atoms with Gasteiger partial charge in [-0.3, -0.25) is 4.68 Å². The zero-order valence-electron chi connectivity index (χ0n) is 19.6. The molecule has 6 rings (SSSR count). The lowest BCUT2D eigenvalue weighted by Gasteiger charge is -2.42. The van der Waals surface area contributed by atoms with Crippen LogP contribution in [0.4, 0.5) is 33.6 Å². The van der Waals surface area contributed by atoms with Crippen LogP contribution in [-0.4, -0.2) is 46.4 Å². The summed E-state index contributed by atoms with van der Waals surface area (Å²) in [4.78, 5) is 4.07. The molecule has 0 bridgehead atoms. The number of nitrogens with one attached hydrogen (secondary N) is 1. The highest BCUT2D eigenvalue weighted by Crippen LogP contribution is 2.54. The molecule has 8 nitrogen and oxygen atoms in total. The Balaban J connectivity index is 0.00000280. The molecule has 1 atom stereocenters. The van der Waals surface area contributed by atoms with E-state index in [2.05, 4.69) is 25.6 Å². The van der Waals surface area contributed by atoms with Crippen molar-refractivity contribution in [2.45, 2.75) is 50.1 Å². The fourth-order valence-electron chi connectivity index (χ4n) is 5.01. The third-order valence-electron chi connectivity index (χ3n) is 7.07. The van der Waals surface area contributed by atoms with E-state index in [1.165, 1.54) is 10.6 Å². The molecule has 5 heterocycles. The topological polar surface area (TPSA) is 78.4 Å². The number of halogens is 5. The van der Waals surface area contributed by atoms with E-state index in [0.717, 1.165) is 6.20 Å². The predicted octanol–water partition coefficient (Wildman–Crippen LogP) is 4.87. The average Bonchev–Trinajstić information content (AvgIpc) is 3.46. The minimum Gasteiger partial charge on any atom is -0.341 e. The van der Waals surface area contributed by atoms with Gasteiger partial charge in [-0.1, -0.05) is 6.42 Å². The molecule has 0 radical (unpaired) electrons. The predicted molar refractivity (Wildman–Crippen MR) is 130 cm³/mol. The van der Waals surface area contributed by atoms with E-state index in [1.54, 1.807) is 40.8 Å². The van der Waals surface area contributed by atoms with Gasteiger partial charge in [0, 0.05) is 30.4 Å². The van der Waals surface area contributed by atoms with Crippen molar-refractivity contribution in [3.05, 3.63) is 48.4 Å². The fraction of sp³-hybridized carbons (Fsp3) is 0.391. The highest BCUT2D eigenvalue weighted by molar-refractivity contribution is 7.59. The Hall–Kier alpha value is -3.42.